The summed E-state index contributed by atoms with van der Waals surface area (Å²) in [5.41, 5.74) is -6.88. The van der Waals surface area contributed by atoms with Gasteiger partial charge in [0.1, 0.15) is 5.75 Å². The van der Waals surface area contributed by atoms with Crippen molar-refractivity contribution in [2.24, 2.45) is 0 Å². The van der Waals surface area contributed by atoms with Gasteiger partial charge in [-0.25, -0.2) is 0 Å². The molecule has 0 atom stereocenters. The van der Waals surface area contributed by atoms with Crippen molar-refractivity contribution in [2.75, 3.05) is 0 Å². The minimum absolute atomic E-state index is 0.159. The average Bonchev–Trinajstić information content (AvgIpc) is 2.35. The van der Waals surface area contributed by atoms with Crippen LogP contribution < -0.4 is 4.18 Å². The molecule has 11 heteroatoms. The number of hydrogen-bond donors (Lipinski definition) is 0. The second-order valence-electron chi connectivity index (χ2n) is 3.94. The number of halogens is 7. The first-order valence-corrected chi connectivity index (χ1v) is 7.09. The second-order valence-corrected chi connectivity index (χ2v) is 5.86. The zero-order chi connectivity index (χ0) is 17.3. The van der Waals surface area contributed by atoms with Gasteiger partial charge in [0.05, 0.1) is 5.03 Å². The Morgan fingerprint density at radius 2 is 1.50 bits per heavy atom. The summed E-state index contributed by atoms with van der Waals surface area (Å²) in [6.45, 7) is 0.723. The third-order valence-corrected chi connectivity index (χ3v) is 3.83. The molecule has 22 heavy (non-hydrogen) atoms. The van der Waals surface area contributed by atoms with Gasteiger partial charge in [-0.2, -0.15) is 34.8 Å². The summed E-state index contributed by atoms with van der Waals surface area (Å²) in [6.07, 6.45) is -4.67. The molecule has 0 radical (unpaired) electrons. The molecule has 124 valence electrons. The number of allylic oxidation sites excluding steroid dienone is 1. The van der Waals surface area contributed by atoms with Crippen LogP contribution in [0.1, 0.15) is 12.5 Å². The van der Waals surface area contributed by atoms with Crippen LogP contribution in [0.2, 0.25) is 0 Å². The summed E-state index contributed by atoms with van der Waals surface area (Å²) in [4.78, 5) is 0. The van der Waals surface area contributed by atoms with Gasteiger partial charge in [-0.05, 0) is 36.8 Å². The Morgan fingerprint density at radius 1 is 1.05 bits per heavy atom. The average molecular weight is 369 g/mol. The van der Waals surface area contributed by atoms with Crippen molar-refractivity contribution < 1.29 is 38.9 Å². The third kappa shape index (κ3) is 4.29. The van der Waals surface area contributed by atoms with Crippen LogP contribution in [0.5, 0.6) is 5.75 Å². The Balaban J connectivity index is 3.08. The summed E-state index contributed by atoms with van der Waals surface area (Å²) in [7, 11) is -5.85. The fraction of sp³-hybridized carbons (Fsp3) is 0.273. The number of rotatable bonds is 3. The zero-order valence-corrected chi connectivity index (χ0v) is 12.2. The maximum Gasteiger partial charge on any atom is 0.534 e. The highest BCUT2D eigenvalue weighted by molar-refractivity contribution is 7.88. The Labute approximate surface area is 126 Å². The van der Waals surface area contributed by atoms with Gasteiger partial charge in [-0.1, -0.05) is 11.6 Å². The molecule has 0 heterocycles. The predicted molar refractivity (Wildman–Crippen MR) is 66.5 cm³/mol. The summed E-state index contributed by atoms with van der Waals surface area (Å²) < 4.78 is 98.9. The standard InChI is InChI=1S/C11H7ClF6O3S/c1-6(10(13,14)15)9(12)7-2-4-8(5-3-7)21-22(19,20)11(16,17)18/h2-5H,1H3/b9-6-. The minimum Gasteiger partial charge on any atom is -0.376 e. The van der Waals surface area contributed by atoms with Crippen LogP contribution in [0, 0.1) is 0 Å². The highest BCUT2D eigenvalue weighted by Crippen LogP contribution is 2.35. The van der Waals surface area contributed by atoms with E-state index in [-0.39, 0.29) is 5.56 Å². The Hall–Kier alpha value is -1.42. The van der Waals surface area contributed by atoms with Crippen LogP contribution in [-0.2, 0) is 10.1 Å². The van der Waals surface area contributed by atoms with Gasteiger partial charge in [0.15, 0.2) is 0 Å². The molecule has 0 aromatic heterocycles. The summed E-state index contributed by atoms with van der Waals surface area (Å²) >= 11 is 5.52. The van der Waals surface area contributed by atoms with E-state index in [0.717, 1.165) is 31.2 Å². The molecular weight excluding hydrogens is 362 g/mol. The van der Waals surface area contributed by atoms with Crippen molar-refractivity contribution in [3.63, 3.8) is 0 Å². The van der Waals surface area contributed by atoms with Crippen LogP contribution in [-0.4, -0.2) is 20.1 Å². The lowest BCUT2D eigenvalue weighted by Gasteiger charge is -2.11. The molecule has 0 bridgehead atoms. The van der Waals surface area contributed by atoms with Gasteiger partial charge in [0, 0.05) is 5.57 Å². The van der Waals surface area contributed by atoms with Gasteiger partial charge in [0.25, 0.3) is 0 Å². The molecule has 0 aliphatic heterocycles. The normalized spacial score (nSPS) is 14.5. The van der Waals surface area contributed by atoms with E-state index in [9.17, 15) is 34.8 Å². The number of alkyl halides is 6. The molecule has 0 aliphatic carbocycles. The molecule has 0 amide bonds. The Bertz CT molecular complexity index is 673. The van der Waals surface area contributed by atoms with E-state index in [2.05, 4.69) is 4.18 Å². The lowest BCUT2D eigenvalue weighted by atomic mass is 10.1. The van der Waals surface area contributed by atoms with Crippen molar-refractivity contribution in [3.05, 3.63) is 35.4 Å². The quantitative estimate of drug-likeness (QED) is 0.450. The molecule has 1 aromatic carbocycles. The molecule has 0 unspecified atom stereocenters. The van der Waals surface area contributed by atoms with Crippen molar-refractivity contribution in [1.82, 2.24) is 0 Å². The molecule has 0 saturated heterocycles. The number of hydrogen-bond acceptors (Lipinski definition) is 3. The van der Waals surface area contributed by atoms with E-state index in [4.69, 9.17) is 11.6 Å². The van der Waals surface area contributed by atoms with Gasteiger partial charge in [0.2, 0.25) is 0 Å². The molecule has 3 nitrogen and oxygen atoms in total. The fourth-order valence-electron chi connectivity index (χ4n) is 1.17. The van der Waals surface area contributed by atoms with Crippen LogP contribution in [0.4, 0.5) is 26.3 Å². The molecule has 1 rings (SSSR count). The summed E-state index contributed by atoms with van der Waals surface area (Å²) in [5.74, 6) is -0.713. The fourth-order valence-corrected chi connectivity index (χ4v) is 1.86. The topological polar surface area (TPSA) is 43.4 Å². The molecule has 0 N–H and O–H groups in total. The SMILES string of the molecule is C/C(=C(/Cl)c1ccc(OS(=O)(=O)C(F)(F)F)cc1)C(F)(F)F. The molecule has 0 aliphatic rings. The first-order valence-electron chi connectivity index (χ1n) is 5.30. The van der Waals surface area contributed by atoms with Crippen molar-refractivity contribution in [3.8, 4) is 5.75 Å². The van der Waals surface area contributed by atoms with Gasteiger partial charge in [-0.15, -0.1) is 0 Å². The smallest absolute Gasteiger partial charge is 0.376 e. The van der Waals surface area contributed by atoms with Gasteiger partial charge < -0.3 is 4.18 Å². The monoisotopic (exact) mass is 368 g/mol. The third-order valence-electron chi connectivity index (χ3n) is 2.35. The van der Waals surface area contributed by atoms with Crippen LogP contribution in [0.25, 0.3) is 5.03 Å². The van der Waals surface area contributed by atoms with E-state index >= 15 is 0 Å². The highest BCUT2D eigenvalue weighted by Gasteiger charge is 2.48. The Morgan fingerprint density at radius 3 is 1.86 bits per heavy atom. The van der Waals surface area contributed by atoms with Crippen molar-refractivity contribution >= 4 is 26.8 Å². The van der Waals surface area contributed by atoms with Crippen molar-refractivity contribution in [2.45, 2.75) is 18.6 Å². The van der Waals surface area contributed by atoms with Crippen LogP contribution >= 0.6 is 11.6 Å². The first-order chi connectivity index (χ1) is 9.75. The van der Waals surface area contributed by atoms with E-state index in [1.165, 1.54) is 0 Å². The minimum atomic E-state index is -5.85. The molecule has 0 fully saturated rings. The summed E-state index contributed by atoms with van der Waals surface area (Å²) in [5, 5.41) is -0.669. The summed E-state index contributed by atoms with van der Waals surface area (Å²) in [6, 6.07) is 3.31. The van der Waals surface area contributed by atoms with E-state index in [1.807, 2.05) is 0 Å². The predicted octanol–water partition coefficient (Wildman–Crippen LogP) is 4.45. The highest BCUT2D eigenvalue weighted by atomic mass is 35.5. The maximum absolute atomic E-state index is 12.4. The van der Waals surface area contributed by atoms with E-state index in [1.54, 1.807) is 0 Å². The van der Waals surface area contributed by atoms with Crippen molar-refractivity contribution in [1.29, 1.82) is 0 Å². The van der Waals surface area contributed by atoms with Gasteiger partial charge in [-0.3, -0.25) is 0 Å². The lowest BCUT2D eigenvalue weighted by Crippen LogP contribution is -2.28. The molecular formula is C11H7ClF6O3S. The molecule has 0 saturated carbocycles. The van der Waals surface area contributed by atoms with Gasteiger partial charge >= 0.3 is 21.8 Å². The second kappa shape index (κ2) is 5.99. The van der Waals surface area contributed by atoms with E-state index in [0.29, 0.717) is 0 Å². The van der Waals surface area contributed by atoms with Crippen LogP contribution in [0.3, 0.4) is 0 Å². The molecule has 1 aromatic rings. The zero-order valence-electron chi connectivity index (χ0n) is 10.6. The largest absolute Gasteiger partial charge is 0.534 e. The van der Waals surface area contributed by atoms with E-state index < -0.39 is 38.2 Å². The Kier molecular flexibility index (Phi) is 5.08. The number of benzene rings is 1. The van der Waals surface area contributed by atoms with Crippen LogP contribution in [0.15, 0.2) is 29.8 Å². The molecule has 0 spiro atoms. The maximum atomic E-state index is 12.4. The first kappa shape index (κ1) is 18.6. The lowest BCUT2D eigenvalue weighted by molar-refractivity contribution is -0.0905.